The Morgan fingerprint density at radius 1 is 1.00 bits per heavy atom. The molecule has 0 aliphatic carbocycles. The van der Waals surface area contributed by atoms with Crippen molar-refractivity contribution in [2.45, 2.75) is 51.1 Å². The fourth-order valence-corrected chi connectivity index (χ4v) is 9.06. The topological polar surface area (TPSA) is 183 Å². The lowest BCUT2D eigenvalue weighted by Gasteiger charge is -2.54. The van der Waals surface area contributed by atoms with E-state index in [1.54, 1.807) is 29.4 Å². The molecule has 0 saturated carbocycles. The van der Waals surface area contributed by atoms with Crippen molar-refractivity contribution >= 4 is 64.0 Å². The number of aromatic nitrogens is 4. The van der Waals surface area contributed by atoms with Crippen LogP contribution in [0.4, 0.5) is 27.7 Å². The van der Waals surface area contributed by atoms with Gasteiger partial charge < -0.3 is 31.1 Å². The van der Waals surface area contributed by atoms with Gasteiger partial charge in [-0.2, -0.15) is 0 Å². The van der Waals surface area contributed by atoms with Crippen LogP contribution in [-0.4, -0.2) is 98.1 Å². The highest BCUT2D eigenvalue weighted by molar-refractivity contribution is 6.30. The number of carbonyl (C=O) groups excluding carboxylic acids is 4. The van der Waals surface area contributed by atoms with Crippen LogP contribution in [0.1, 0.15) is 64.8 Å². The number of anilines is 4. The number of nitrogens with zero attached hydrogens (tertiary/aromatic N) is 7. The Bertz CT molecular complexity index is 2500. The van der Waals surface area contributed by atoms with Gasteiger partial charge in [-0.25, -0.2) is 19.3 Å². The molecule has 1 atom stereocenters. The fraction of sp³-hybridized carbons (Fsp3) is 0.357. The minimum absolute atomic E-state index is 0.118. The van der Waals surface area contributed by atoms with Gasteiger partial charge in [-0.3, -0.25) is 28.9 Å². The number of piperidine rings is 2. The molecule has 59 heavy (non-hydrogen) atoms. The Hall–Kier alpha value is -6.13. The first-order valence-corrected chi connectivity index (χ1v) is 20.3. The van der Waals surface area contributed by atoms with Crippen molar-refractivity contribution in [1.29, 1.82) is 0 Å². The summed E-state index contributed by atoms with van der Waals surface area (Å²) in [5.74, 6) is -0.834. The Kier molecular flexibility index (Phi) is 10.1. The largest absolute Gasteiger partial charge is 0.385 e. The molecule has 1 unspecified atom stereocenters. The van der Waals surface area contributed by atoms with E-state index in [1.807, 2.05) is 22.6 Å². The fourth-order valence-electron chi connectivity index (χ4n) is 8.90. The van der Waals surface area contributed by atoms with Gasteiger partial charge in [0.1, 0.15) is 34.7 Å². The van der Waals surface area contributed by atoms with E-state index in [9.17, 15) is 19.2 Å². The summed E-state index contributed by atoms with van der Waals surface area (Å²) in [6, 6.07) is 12.5. The zero-order valence-corrected chi connectivity index (χ0v) is 33.0. The summed E-state index contributed by atoms with van der Waals surface area (Å²) >= 11 is 6.01. The minimum atomic E-state index is -0.619. The summed E-state index contributed by atoms with van der Waals surface area (Å²) in [6.45, 7) is 5.91. The lowest BCUT2D eigenvalue weighted by molar-refractivity contribution is -0.136. The minimum Gasteiger partial charge on any atom is -0.385 e. The van der Waals surface area contributed by atoms with E-state index in [-0.39, 0.29) is 46.4 Å². The summed E-state index contributed by atoms with van der Waals surface area (Å²) in [7, 11) is 0. The van der Waals surface area contributed by atoms with Gasteiger partial charge in [0.15, 0.2) is 0 Å². The van der Waals surface area contributed by atoms with Crippen molar-refractivity contribution in [3.63, 3.8) is 0 Å². The smallest absolute Gasteiger partial charge is 0.256 e. The molecular weight excluding hydrogens is 777 g/mol. The number of hydrogen-bond donors (Lipinski definition) is 4. The first-order chi connectivity index (χ1) is 28.5. The number of imide groups is 1. The number of hydrogen-bond acceptors (Lipinski definition) is 11. The standard InChI is InChI=1S/C42H43ClFN11O4/c43-27-9-13-47-33(21-27)49-38(57)25-3-5-30(31(44)20-25)35-36-37(45)48-14-18-54(36)41(51-35)53-16-10-42(11-17-53)23-52(24-42)15-2-1-12-46-28-4-6-29-26(19-28)22-55(40(29)59)32-7-8-34(56)50-39(32)58/h3-6,9,13-14,18-21,32,46H,1-2,7-8,10-12,15-17,22-24H2,(H2,45,48)(H,47,49,57)(H,50,56,58). The van der Waals surface area contributed by atoms with E-state index in [2.05, 4.69) is 35.7 Å². The van der Waals surface area contributed by atoms with E-state index in [1.165, 1.54) is 24.4 Å². The van der Waals surface area contributed by atoms with E-state index in [0.717, 1.165) is 76.2 Å². The van der Waals surface area contributed by atoms with Gasteiger partial charge >= 0.3 is 0 Å². The highest BCUT2D eigenvalue weighted by Crippen LogP contribution is 2.42. The summed E-state index contributed by atoms with van der Waals surface area (Å²) in [5.41, 5.74) is 10.3. The lowest BCUT2D eigenvalue weighted by atomic mass is 9.72. The van der Waals surface area contributed by atoms with Gasteiger partial charge in [-0.1, -0.05) is 11.6 Å². The molecule has 2 aromatic carbocycles. The maximum atomic E-state index is 15.8. The highest BCUT2D eigenvalue weighted by atomic mass is 35.5. The number of nitrogen functional groups attached to an aromatic ring is 1. The lowest BCUT2D eigenvalue weighted by Crippen LogP contribution is -2.60. The van der Waals surface area contributed by atoms with Crippen LogP contribution in [0, 0.1) is 11.2 Å². The van der Waals surface area contributed by atoms with Crippen LogP contribution in [-0.2, 0) is 16.1 Å². The molecule has 4 aliphatic heterocycles. The van der Waals surface area contributed by atoms with Crippen LogP contribution in [0.25, 0.3) is 16.8 Å². The molecular formula is C42H43ClFN11O4. The predicted octanol–water partition coefficient (Wildman–Crippen LogP) is 4.97. The van der Waals surface area contributed by atoms with E-state index < -0.39 is 23.7 Å². The van der Waals surface area contributed by atoms with Crippen molar-refractivity contribution < 1.29 is 23.6 Å². The second kappa shape index (κ2) is 15.6. The second-order valence-electron chi connectivity index (χ2n) is 15.9. The Labute approximate surface area is 344 Å². The predicted molar refractivity (Wildman–Crippen MR) is 221 cm³/mol. The maximum absolute atomic E-state index is 15.8. The average molecular weight is 820 g/mol. The van der Waals surface area contributed by atoms with Crippen LogP contribution in [0.5, 0.6) is 0 Å². The molecule has 304 valence electrons. The number of carbonyl (C=O) groups is 4. The van der Waals surface area contributed by atoms with Crippen LogP contribution in [0.2, 0.25) is 5.02 Å². The maximum Gasteiger partial charge on any atom is 0.256 e. The average Bonchev–Trinajstić information content (AvgIpc) is 3.75. The number of nitrogens with one attached hydrogen (secondary N) is 3. The number of halogens is 2. The molecule has 3 fully saturated rings. The number of unbranched alkanes of at least 4 members (excludes halogenated alkanes) is 1. The quantitative estimate of drug-likeness (QED) is 0.104. The van der Waals surface area contributed by atoms with Gasteiger partial charge in [0.05, 0.1) is 0 Å². The molecule has 3 aromatic heterocycles. The number of fused-ring (bicyclic) bond motifs is 2. The third-order valence-corrected chi connectivity index (χ3v) is 12.2. The molecule has 4 aliphatic rings. The number of nitrogens with two attached hydrogens (primary N) is 1. The summed E-state index contributed by atoms with van der Waals surface area (Å²) < 4.78 is 17.6. The Morgan fingerprint density at radius 2 is 1.81 bits per heavy atom. The number of pyridine rings is 1. The number of imidazole rings is 1. The normalized spacial score (nSPS) is 18.9. The van der Waals surface area contributed by atoms with E-state index in [0.29, 0.717) is 40.7 Å². The molecule has 15 nitrogen and oxygen atoms in total. The van der Waals surface area contributed by atoms with Crippen molar-refractivity contribution in [1.82, 2.24) is 34.5 Å². The number of rotatable bonds is 11. The van der Waals surface area contributed by atoms with Crippen LogP contribution < -0.4 is 26.6 Å². The van der Waals surface area contributed by atoms with Crippen LogP contribution in [0.3, 0.4) is 0 Å². The van der Waals surface area contributed by atoms with Crippen molar-refractivity contribution in [3.05, 3.63) is 94.7 Å². The molecule has 4 amide bonds. The molecule has 0 bridgehead atoms. The van der Waals surface area contributed by atoms with Gasteiger partial charge in [-0.05, 0) is 98.2 Å². The molecule has 3 saturated heterocycles. The molecule has 0 radical (unpaired) electrons. The number of amides is 4. The first kappa shape index (κ1) is 38.4. The van der Waals surface area contributed by atoms with Gasteiger partial charge in [0.2, 0.25) is 17.8 Å². The molecule has 5 N–H and O–H groups in total. The molecule has 5 aromatic rings. The number of likely N-dealkylation sites (tertiary alicyclic amines) is 1. The zero-order chi connectivity index (χ0) is 40.8. The zero-order valence-electron chi connectivity index (χ0n) is 32.2. The highest BCUT2D eigenvalue weighted by Gasteiger charge is 2.45. The van der Waals surface area contributed by atoms with E-state index >= 15 is 4.39 Å². The second-order valence-corrected chi connectivity index (χ2v) is 16.3. The number of benzene rings is 2. The summed E-state index contributed by atoms with van der Waals surface area (Å²) in [4.78, 5) is 69.5. The van der Waals surface area contributed by atoms with Gasteiger partial charge in [0, 0.05) is 91.7 Å². The SMILES string of the molecule is Nc1nccn2c(N3CCC4(CC3)CN(CCCCNc3ccc5c(c3)CN(C3CCC(=O)NC3=O)C5=O)C4)nc(-c3ccc(C(=O)Nc4cc(Cl)ccn4)cc3F)c12. The molecule has 7 heterocycles. The van der Waals surface area contributed by atoms with Gasteiger partial charge in [-0.15, -0.1) is 0 Å². The van der Waals surface area contributed by atoms with Crippen LogP contribution >= 0.6 is 11.6 Å². The monoisotopic (exact) mass is 819 g/mol. The molecule has 9 rings (SSSR count). The molecule has 1 spiro atoms. The van der Waals surface area contributed by atoms with Crippen molar-refractivity contribution in [2.75, 3.05) is 60.5 Å². The summed E-state index contributed by atoms with van der Waals surface area (Å²) in [6.07, 6.45) is 9.54. The third-order valence-electron chi connectivity index (χ3n) is 12.0. The third kappa shape index (κ3) is 7.53. The Balaban J connectivity index is 0.759. The summed E-state index contributed by atoms with van der Waals surface area (Å²) in [5, 5.41) is 8.90. The van der Waals surface area contributed by atoms with Crippen LogP contribution in [0.15, 0.2) is 67.1 Å². The molecule has 17 heteroatoms. The van der Waals surface area contributed by atoms with E-state index in [4.69, 9.17) is 22.3 Å². The van der Waals surface area contributed by atoms with Gasteiger partial charge in [0.25, 0.3) is 11.8 Å². The van der Waals surface area contributed by atoms with Crippen molar-refractivity contribution in [2.24, 2.45) is 5.41 Å². The first-order valence-electron chi connectivity index (χ1n) is 19.9. The Morgan fingerprint density at radius 3 is 2.59 bits per heavy atom. The van der Waals surface area contributed by atoms with Crippen molar-refractivity contribution in [3.8, 4) is 11.3 Å².